The van der Waals surface area contributed by atoms with Gasteiger partial charge in [0, 0.05) is 12.5 Å². The Bertz CT molecular complexity index is 594. The van der Waals surface area contributed by atoms with E-state index in [9.17, 15) is 9.59 Å². The third-order valence-corrected chi connectivity index (χ3v) is 4.74. The molecule has 3 rings (SSSR count). The van der Waals surface area contributed by atoms with Crippen LogP contribution in [0, 0.1) is 0 Å². The Hall–Kier alpha value is -1.96. The van der Waals surface area contributed by atoms with Crippen molar-refractivity contribution in [1.82, 2.24) is 25.7 Å². The Morgan fingerprint density at radius 2 is 2.09 bits per heavy atom. The molecular formula is C15H23N5O3. The predicted molar refractivity (Wildman–Crippen MR) is 81.4 cm³/mol. The fourth-order valence-electron chi connectivity index (χ4n) is 3.26. The Kier molecular flexibility index (Phi) is 4.34. The van der Waals surface area contributed by atoms with Crippen molar-refractivity contribution >= 4 is 11.9 Å². The number of hydrogen-bond donors (Lipinski definition) is 2. The molecule has 8 heteroatoms. The first-order valence-corrected chi connectivity index (χ1v) is 8.17. The molecule has 2 fully saturated rings. The molecule has 1 aromatic heterocycles. The molecule has 1 aromatic rings. The van der Waals surface area contributed by atoms with E-state index in [4.69, 9.17) is 4.52 Å². The van der Waals surface area contributed by atoms with Crippen LogP contribution in [0.25, 0.3) is 0 Å². The summed E-state index contributed by atoms with van der Waals surface area (Å²) in [6, 6.07) is -0.136. The van der Waals surface area contributed by atoms with Crippen LogP contribution >= 0.6 is 0 Å². The van der Waals surface area contributed by atoms with Crippen LogP contribution in [0.2, 0.25) is 0 Å². The highest BCUT2D eigenvalue weighted by Crippen LogP contribution is 2.34. The van der Waals surface area contributed by atoms with Crippen molar-refractivity contribution in [3.63, 3.8) is 0 Å². The zero-order valence-corrected chi connectivity index (χ0v) is 13.6. The summed E-state index contributed by atoms with van der Waals surface area (Å²) in [6.45, 7) is 2.05. The Morgan fingerprint density at radius 3 is 2.78 bits per heavy atom. The zero-order chi connectivity index (χ0) is 16.4. The van der Waals surface area contributed by atoms with Crippen molar-refractivity contribution in [2.75, 3.05) is 7.05 Å². The molecule has 23 heavy (non-hydrogen) atoms. The fraction of sp³-hybridized carbons (Fsp3) is 0.733. The van der Waals surface area contributed by atoms with E-state index in [0.29, 0.717) is 31.0 Å². The van der Waals surface area contributed by atoms with Gasteiger partial charge in [0.15, 0.2) is 5.82 Å². The van der Waals surface area contributed by atoms with E-state index < -0.39 is 5.54 Å². The molecule has 1 spiro atoms. The van der Waals surface area contributed by atoms with Gasteiger partial charge in [-0.1, -0.05) is 24.4 Å². The molecule has 1 aliphatic carbocycles. The Morgan fingerprint density at radius 1 is 1.35 bits per heavy atom. The number of imide groups is 1. The molecule has 0 radical (unpaired) electrons. The monoisotopic (exact) mass is 321 g/mol. The van der Waals surface area contributed by atoms with Gasteiger partial charge in [-0.05, 0) is 26.8 Å². The summed E-state index contributed by atoms with van der Waals surface area (Å²) in [7, 11) is 1.86. The highest BCUT2D eigenvalue weighted by atomic mass is 16.5. The number of likely N-dealkylation sites (N-methyl/N-ethyl adjacent to an activating group) is 1. The number of carbonyl (C=O) groups excluding carboxylic acids is 2. The molecule has 126 valence electrons. The van der Waals surface area contributed by atoms with Crippen LogP contribution in [0.5, 0.6) is 0 Å². The SMILES string of the molecule is CNC(C)Cc1noc(CN2C(=O)NC3(CCCCC3)C2=O)n1. The lowest BCUT2D eigenvalue weighted by Crippen LogP contribution is -2.48. The zero-order valence-electron chi connectivity index (χ0n) is 13.6. The van der Waals surface area contributed by atoms with Crippen LogP contribution in [0.4, 0.5) is 4.79 Å². The molecule has 0 bridgehead atoms. The lowest BCUT2D eigenvalue weighted by Gasteiger charge is -2.30. The molecule has 3 amide bonds. The third-order valence-electron chi connectivity index (χ3n) is 4.74. The molecule has 2 aliphatic rings. The average Bonchev–Trinajstić information content (AvgIpc) is 3.07. The van der Waals surface area contributed by atoms with Gasteiger partial charge in [0.05, 0.1) is 0 Å². The fourth-order valence-corrected chi connectivity index (χ4v) is 3.26. The smallest absolute Gasteiger partial charge is 0.325 e. The van der Waals surface area contributed by atoms with Crippen LogP contribution in [-0.2, 0) is 17.8 Å². The van der Waals surface area contributed by atoms with Gasteiger partial charge in [0.2, 0.25) is 5.89 Å². The number of nitrogens with one attached hydrogen (secondary N) is 2. The summed E-state index contributed by atoms with van der Waals surface area (Å²) < 4.78 is 5.18. The van der Waals surface area contributed by atoms with Gasteiger partial charge < -0.3 is 15.2 Å². The Labute approximate surface area is 135 Å². The average molecular weight is 321 g/mol. The van der Waals surface area contributed by atoms with E-state index in [0.717, 1.165) is 19.3 Å². The topological polar surface area (TPSA) is 100 Å². The van der Waals surface area contributed by atoms with Gasteiger partial charge in [0.25, 0.3) is 5.91 Å². The van der Waals surface area contributed by atoms with Crippen LogP contribution in [0.15, 0.2) is 4.52 Å². The number of amides is 3. The minimum Gasteiger partial charge on any atom is -0.337 e. The highest BCUT2D eigenvalue weighted by Gasteiger charge is 2.51. The van der Waals surface area contributed by atoms with Crippen molar-refractivity contribution in [1.29, 1.82) is 0 Å². The number of carbonyl (C=O) groups is 2. The first-order valence-electron chi connectivity index (χ1n) is 8.17. The molecule has 1 saturated heterocycles. The van der Waals surface area contributed by atoms with E-state index >= 15 is 0 Å². The lowest BCUT2D eigenvalue weighted by molar-refractivity contribution is -0.133. The van der Waals surface area contributed by atoms with Crippen molar-refractivity contribution in [3.8, 4) is 0 Å². The molecular weight excluding hydrogens is 298 g/mol. The molecule has 1 saturated carbocycles. The maximum absolute atomic E-state index is 12.7. The van der Waals surface area contributed by atoms with E-state index in [-0.39, 0.29) is 24.5 Å². The van der Waals surface area contributed by atoms with Gasteiger partial charge in [-0.25, -0.2) is 4.79 Å². The van der Waals surface area contributed by atoms with Gasteiger partial charge in [0.1, 0.15) is 12.1 Å². The van der Waals surface area contributed by atoms with Crippen LogP contribution in [0.1, 0.15) is 50.7 Å². The number of rotatable bonds is 5. The first-order chi connectivity index (χ1) is 11.0. The van der Waals surface area contributed by atoms with Crippen LogP contribution in [0.3, 0.4) is 0 Å². The maximum atomic E-state index is 12.7. The summed E-state index contributed by atoms with van der Waals surface area (Å²) in [5.74, 6) is 0.700. The number of hydrogen-bond acceptors (Lipinski definition) is 6. The van der Waals surface area contributed by atoms with Gasteiger partial charge in [-0.15, -0.1) is 0 Å². The minimum absolute atomic E-state index is 0.0351. The van der Waals surface area contributed by atoms with Crippen molar-refractivity contribution in [3.05, 3.63) is 11.7 Å². The summed E-state index contributed by atoms with van der Waals surface area (Å²) in [4.78, 5) is 30.3. The largest absolute Gasteiger partial charge is 0.337 e. The van der Waals surface area contributed by atoms with Gasteiger partial charge in [-0.3, -0.25) is 9.69 Å². The van der Waals surface area contributed by atoms with E-state index in [2.05, 4.69) is 20.8 Å². The summed E-state index contributed by atoms with van der Waals surface area (Å²) in [5.41, 5.74) is -0.709. The second-order valence-corrected chi connectivity index (χ2v) is 6.46. The predicted octanol–water partition coefficient (Wildman–Crippen LogP) is 0.975. The standard InChI is InChI=1S/C15H23N5O3/c1-10(16-2)8-11-17-12(23-19-11)9-20-13(21)15(18-14(20)22)6-4-3-5-7-15/h10,16H,3-9H2,1-2H3,(H,18,22). The maximum Gasteiger partial charge on any atom is 0.325 e. The van der Waals surface area contributed by atoms with Crippen molar-refractivity contribution in [2.24, 2.45) is 0 Å². The molecule has 2 heterocycles. The Balaban J connectivity index is 1.68. The quantitative estimate of drug-likeness (QED) is 0.784. The molecule has 2 N–H and O–H groups in total. The van der Waals surface area contributed by atoms with E-state index in [1.54, 1.807) is 0 Å². The van der Waals surface area contributed by atoms with Gasteiger partial charge >= 0.3 is 6.03 Å². The molecule has 1 unspecified atom stereocenters. The second kappa shape index (κ2) is 6.27. The number of urea groups is 1. The first kappa shape index (κ1) is 15.9. The van der Waals surface area contributed by atoms with Gasteiger partial charge in [-0.2, -0.15) is 4.98 Å². The highest BCUT2D eigenvalue weighted by molar-refractivity contribution is 6.06. The number of aromatic nitrogens is 2. The number of nitrogens with zero attached hydrogens (tertiary/aromatic N) is 3. The molecule has 8 nitrogen and oxygen atoms in total. The van der Waals surface area contributed by atoms with Crippen molar-refractivity contribution in [2.45, 2.75) is 63.6 Å². The van der Waals surface area contributed by atoms with E-state index in [1.807, 2.05) is 14.0 Å². The second-order valence-electron chi connectivity index (χ2n) is 6.46. The molecule has 1 atom stereocenters. The normalized spacial score (nSPS) is 21.7. The third kappa shape index (κ3) is 3.08. The summed E-state index contributed by atoms with van der Waals surface area (Å²) in [6.07, 6.45) is 5.09. The van der Waals surface area contributed by atoms with Crippen LogP contribution < -0.4 is 10.6 Å². The summed E-state index contributed by atoms with van der Waals surface area (Å²) in [5, 5.41) is 9.88. The molecule has 1 aliphatic heterocycles. The lowest BCUT2D eigenvalue weighted by atomic mass is 9.82. The summed E-state index contributed by atoms with van der Waals surface area (Å²) >= 11 is 0. The van der Waals surface area contributed by atoms with E-state index in [1.165, 1.54) is 4.90 Å². The molecule has 0 aromatic carbocycles. The van der Waals surface area contributed by atoms with Crippen LogP contribution in [-0.4, -0.2) is 45.6 Å². The minimum atomic E-state index is -0.709. The van der Waals surface area contributed by atoms with Crippen molar-refractivity contribution < 1.29 is 14.1 Å².